The molecule has 88 valence electrons. The average Bonchev–Trinajstić information content (AvgIpc) is 2.16. The summed E-state index contributed by atoms with van der Waals surface area (Å²) in [6, 6.07) is 4.94. The molecule has 6 heteroatoms. The summed E-state index contributed by atoms with van der Waals surface area (Å²) in [7, 11) is 0. The van der Waals surface area contributed by atoms with Gasteiger partial charge in [0.05, 0.1) is 5.56 Å². The van der Waals surface area contributed by atoms with Gasteiger partial charge in [0, 0.05) is 6.54 Å². The third-order valence-electron chi connectivity index (χ3n) is 1.98. The maximum atomic E-state index is 12.2. The SMILES string of the molecule is NC(N)=NCCc1ccc(C(F)(F)F)cc1. The van der Waals surface area contributed by atoms with E-state index in [4.69, 9.17) is 11.5 Å². The molecule has 0 fully saturated rings. The maximum absolute atomic E-state index is 12.2. The maximum Gasteiger partial charge on any atom is 0.416 e. The first-order valence-corrected chi connectivity index (χ1v) is 4.61. The number of halogens is 3. The molecule has 0 saturated carbocycles. The molecule has 0 bridgehead atoms. The zero-order chi connectivity index (χ0) is 12.2. The lowest BCUT2D eigenvalue weighted by molar-refractivity contribution is -0.137. The molecule has 0 heterocycles. The molecule has 3 nitrogen and oxygen atoms in total. The highest BCUT2D eigenvalue weighted by Gasteiger charge is 2.29. The molecular formula is C10H12F3N3. The number of guanidine groups is 1. The zero-order valence-corrected chi connectivity index (χ0v) is 8.46. The Labute approximate surface area is 91.0 Å². The van der Waals surface area contributed by atoms with E-state index in [9.17, 15) is 13.2 Å². The number of hydrogen-bond donors (Lipinski definition) is 2. The number of benzene rings is 1. The third-order valence-corrected chi connectivity index (χ3v) is 1.98. The molecule has 0 aliphatic rings. The summed E-state index contributed by atoms with van der Waals surface area (Å²) in [4.78, 5) is 3.74. The lowest BCUT2D eigenvalue weighted by Crippen LogP contribution is -2.23. The zero-order valence-electron chi connectivity index (χ0n) is 8.46. The quantitative estimate of drug-likeness (QED) is 0.612. The standard InChI is InChI=1S/C10H12F3N3/c11-10(12,13)8-3-1-7(2-4-8)5-6-16-9(14)15/h1-4H,5-6H2,(H4,14,15,16). The first-order chi connectivity index (χ1) is 7.39. The Hall–Kier alpha value is -1.72. The van der Waals surface area contributed by atoms with Crippen LogP contribution in [0.4, 0.5) is 13.2 Å². The van der Waals surface area contributed by atoms with Gasteiger partial charge in [-0.05, 0) is 24.1 Å². The van der Waals surface area contributed by atoms with E-state index in [0.717, 1.165) is 17.7 Å². The Bertz CT molecular complexity index is 364. The molecule has 0 saturated heterocycles. The van der Waals surface area contributed by atoms with Crippen molar-refractivity contribution in [2.24, 2.45) is 16.5 Å². The second-order valence-electron chi connectivity index (χ2n) is 3.25. The summed E-state index contributed by atoms with van der Waals surface area (Å²) < 4.78 is 36.7. The summed E-state index contributed by atoms with van der Waals surface area (Å²) in [6.07, 6.45) is -3.78. The summed E-state index contributed by atoms with van der Waals surface area (Å²) in [5.74, 6) is -0.0214. The Morgan fingerprint density at radius 3 is 2.12 bits per heavy atom. The lowest BCUT2D eigenvalue weighted by atomic mass is 10.1. The van der Waals surface area contributed by atoms with Crippen LogP contribution in [-0.2, 0) is 12.6 Å². The van der Waals surface area contributed by atoms with Crippen LogP contribution in [-0.4, -0.2) is 12.5 Å². The fourth-order valence-electron chi connectivity index (χ4n) is 1.17. The van der Waals surface area contributed by atoms with Gasteiger partial charge in [-0.15, -0.1) is 0 Å². The minimum Gasteiger partial charge on any atom is -0.370 e. The topological polar surface area (TPSA) is 64.4 Å². The van der Waals surface area contributed by atoms with Crippen molar-refractivity contribution < 1.29 is 13.2 Å². The largest absolute Gasteiger partial charge is 0.416 e. The number of nitrogens with zero attached hydrogens (tertiary/aromatic N) is 1. The van der Waals surface area contributed by atoms with Crippen molar-refractivity contribution in [1.29, 1.82) is 0 Å². The van der Waals surface area contributed by atoms with Crippen LogP contribution in [0.25, 0.3) is 0 Å². The highest BCUT2D eigenvalue weighted by Crippen LogP contribution is 2.29. The fourth-order valence-corrected chi connectivity index (χ4v) is 1.17. The third kappa shape index (κ3) is 3.80. The van der Waals surface area contributed by atoms with Crippen LogP contribution in [0, 0.1) is 0 Å². The van der Waals surface area contributed by atoms with E-state index in [1.807, 2.05) is 0 Å². The molecule has 0 aliphatic carbocycles. The number of rotatable bonds is 3. The Morgan fingerprint density at radius 1 is 1.12 bits per heavy atom. The van der Waals surface area contributed by atoms with Crippen LogP contribution < -0.4 is 11.5 Å². The van der Waals surface area contributed by atoms with Gasteiger partial charge in [-0.3, -0.25) is 4.99 Å². The van der Waals surface area contributed by atoms with Gasteiger partial charge in [0.15, 0.2) is 5.96 Å². The van der Waals surface area contributed by atoms with Gasteiger partial charge >= 0.3 is 6.18 Å². The van der Waals surface area contributed by atoms with Gasteiger partial charge in [0.2, 0.25) is 0 Å². The highest BCUT2D eigenvalue weighted by molar-refractivity contribution is 5.75. The first kappa shape index (κ1) is 12.4. The van der Waals surface area contributed by atoms with Gasteiger partial charge in [0.25, 0.3) is 0 Å². The van der Waals surface area contributed by atoms with Gasteiger partial charge in [-0.2, -0.15) is 13.2 Å². The van der Waals surface area contributed by atoms with Crippen LogP contribution in [0.15, 0.2) is 29.3 Å². The fraction of sp³-hybridized carbons (Fsp3) is 0.300. The molecule has 1 aromatic carbocycles. The lowest BCUT2D eigenvalue weighted by Gasteiger charge is -2.06. The predicted molar refractivity (Wildman–Crippen MR) is 55.8 cm³/mol. The van der Waals surface area contributed by atoms with Crippen LogP contribution >= 0.6 is 0 Å². The van der Waals surface area contributed by atoms with Crippen molar-refractivity contribution in [3.8, 4) is 0 Å². The molecule has 16 heavy (non-hydrogen) atoms. The molecule has 0 spiro atoms. The van der Waals surface area contributed by atoms with Crippen molar-refractivity contribution >= 4 is 5.96 Å². The van der Waals surface area contributed by atoms with E-state index < -0.39 is 11.7 Å². The molecular weight excluding hydrogens is 219 g/mol. The normalized spacial score (nSPS) is 11.2. The molecule has 0 radical (unpaired) electrons. The van der Waals surface area contributed by atoms with E-state index in [1.54, 1.807) is 0 Å². The van der Waals surface area contributed by atoms with Crippen molar-refractivity contribution in [2.75, 3.05) is 6.54 Å². The molecule has 0 unspecified atom stereocenters. The van der Waals surface area contributed by atoms with Gasteiger partial charge in [-0.25, -0.2) is 0 Å². The van der Waals surface area contributed by atoms with Crippen LogP contribution in [0.1, 0.15) is 11.1 Å². The number of hydrogen-bond acceptors (Lipinski definition) is 1. The Kier molecular flexibility index (Phi) is 3.76. The van der Waals surface area contributed by atoms with Crippen molar-refractivity contribution in [2.45, 2.75) is 12.6 Å². The molecule has 4 N–H and O–H groups in total. The van der Waals surface area contributed by atoms with E-state index in [2.05, 4.69) is 4.99 Å². The van der Waals surface area contributed by atoms with Crippen molar-refractivity contribution in [3.05, 3.63) is 35.4 Å². The molecule has 1 rings (SSSR count). The van der Waals surface area contributed by atoms with Crippen molar-refractivity contribution in [3.63, 3.8) is 0 Å². The van der Waals surface area contributed by atoms with Gasteiger partial charge in [-0.1, -0.05) is 12.1 Å². The van der Waals surface area contributed by atoms with E-state index in [-0.39, 0.29) is 5.96 Å². The van der Waals surface area contributed by atoms with Crippen molar-refractivity contribution in [1.82, 2.24) is 0 Å². The molecule has 0 amide bonds. The number of alkyl halides is 3. The average molecular weight is 231 g/mol. The Balaban J connectivity index is 2.62. The summed E-state index contributed by atoms with van der Waals surface area (Å²) in [5.41, 5.74) is 10.3. The minimum atomic E-state index is -4.29. The van der Waals surface area contributed by atoms with E-state index >= 15 is 0 Å². The van der Waals surface area contributed by atoms with E-state index in [1.165, 1.54) is 12.1 Å². The summed E-state index contributed by atoms with van der Waals surface area (Å²) in [6.45, 7) is 0.369. The summed E-state index contributed by atoms with van der Waals surface area (Å²) in [5, 5.41) is 0. The molecule has 0 atom stereocenters. The van der Waals surface area contributed by atoms with Gasteiger partial charge < -0.3 is 11.5 Å². The van der Waals surface area contributed by atoms with Crippen LogP contribution in [0.5, 0.6) is 0 Å². The van der Waals surface area contributed by atoms with Crippen LogP contribution in [0.2, 0.25) is 0 Å². The second kappa shape index (κ2) is 4.87. The predicted octanol–water partition coefficient (Wildman–Crippen LogP) is 1.52. The molecule has 0 aliphatic heterocycles. The minimum absolute atomic E-state index is 0.0214. The smallest absolute Gasteiger partial charge is 0.370 e. The Morgan fingerprint density at radius 2 is 1.69 bits per heavy atom. The molecule has 1 aromatic rings. The highest BCUT2D eigenvalue weighted by atomic mass is 19.4. The monoisotopic (exact) mass is 231 g/mol. The molecule has 0 aromatic heterocycles. The van der Waals surface area contributed by atoms with Gasteiger partial charge in [0.1, 0.15) is 0 Å². The summed E-state index contributed by atoms with van der Waals surface area (Å²) >= 11 is 0. The number of nitrogens with two attached hydrogens (primary N) is 2. The van der Waals surface area contributed by atoms with E-state index in [0.29, 0.717) is 13.0 Å². The first-order valence-electron chi connectivity index (χ1n) is 4.61. The number of aliphatic imine (C=N–C) groups is 1. The van der Waals surface area contributed by atoms with Crippen LogP contribution in [0.3, 0.4) is 0 Å². The second-order valence-corrected chi connectivity index (χ2v) is 3.25.